The molecule has 1 saturated carbocycles. The van der Waals surface area contributed by atoms with E-state index in [-0.39, 0.29) is 0 Å². The normalized spacial score (nSPS) is 22.2. The van der Waals surface area contributed by atoms with Crippen LogP contribution in [0.4, 0.5) is 0 Å². The van der Waals surface area contributed by atoms with E-state index in [1.54, 1.807) is 0 Å². The highest BCUT2D eigenvalue weighted by Crippen LogP contribution is 2.39. The minimum Gasteiger partial charge on any atom is -0.316 e. The maximum atomic E-state index is 3.50. The highest BCUT2D eigenvalue weighted by atomic mass is 14.9. The van der Waals surface area contributed by atoms with Gasteiger partial charge in [-0.1, -0.05) is 20.8 Å². The smallest absolute Gasteiger partial charge is 0.00205 e. The summed E-state index contributed by atoms with van der Waals surface area (Å²) in [7, 11) is 0. The van der Waals surface area contributed by atoms with Crippen molar-refractivity contribution in [3.8, 4) is 0 Å². The van der Waals surface area contributed by atoms with Crippen LogP contribution < -0.4 is 5.32 Å². The Kier molecular flexibility index (Phi) is 4.07. The summed E-state index contributed by atoms with van der Waals surface area (Å²) in [6.45, 7) is 9.41. The van der Waals surface area contributed by atoms with Crippen LogP contribution in [0.25, 0.3) is 0 Å². The van der Waals surface area contributed by atoms with Crippen LogP contribution in [0, 0.1) is 17.8 Å². The van der Waals surface area contributed by atoms with Crippen LogP contribution >= 0.6 is 0 Å². The minimum absolute atomic E-state index is 0.865. The van der Waals surface area contributed by atoms with Crippen LogP contribution in [0.5, 0.6) is 0 Å². The van der Waals surface area contributed by atoms with Gasteiger partial charge in [0.25, 0.3) is 0 Å². The van der Waals surface area contributed by atoms with E-state index in [9.17, 15) is 0 Å². The van der Waals surface area contributed by atoms with Gasteiger partial charge in [0.2, 0.25) is 0 Å². The largest absolute Gasteiger partial charge is 0.316 e. The van der Waals surface area contributed by atoms with Crippen LogP contribution in [0.1, 0.15) is 40.0 Å². The van der Waals surface area contributed by atoms with Crippen LogP contribution in [0.2, 0.25) is 0 Å². The maximum absolute atomic E-state index is 3.50. The second kappa shape index (κ2) is 4.86. The number of hydrogen-bond acceptors (Lipinski definition) is 1. The molecule has 0 aliphatic heterocycles. The van der Waals surface area contributed by atoms with Gasteiger partial charge in [-0.25, -0.2) is 0 Å². The topological polar surface area (TPSA) is 12.0 Å². The highest BCUT2D eigenvalue weighted by molar-refractivity contribution is 4.82. The summed E-state index contributed by atoms with van der Waals surface area (Å²) in [5.41, 5.74) is 0. The molecule has 0 spiro atoms. The van der Waals surface area contributed by atoms with Crippen molar-refractivity contribution in [3.63, 3.8) is 0 Å². The van der Waals surface area contributed by atoms with Gasteiger partial charge in [-0.2, -0.15) is 0 Å². The van der Waals surface area contributed by atoms with Crippen LogP contribution in [-0.2, 0) is 0 Å². The predicted octanol–water partition coefficient (Wildman–Crippen LogP) is 2.67. The lowest BCUT2D eigenvalue weighted by atomic mass is 9.91. The lowest BCUT2D eigenvalue weighted by Gasteiger charge is -2.19. The summed E-state index contributed by atoms with van der Waals surface area (Å²) in [5.74, 6) is 2.86. The molecule has 0 bridgehead atoms. The first-order valence-electron chi connectivity index (χ1n) is 5.46. The molecule has 0 radical (unpaired) electrons. The average molecular weight is 169 g/mol. The number of nitrogens with one attached hydrogen (secondary N) is 1. The van der Waals surface area contributed by atoms with E-state index in [1.165, 1.54) is 32.4 Å². The first kappa shape index (κ1) is 10.0. The zero-order valence-corrected chi connectivity index (χ0v) is 8.77. The van der Waals surface area contributed by atoms with Crippen molar-refractivity contribution < 1.29 is 0 Å². The fraction of sp³-hybridized carbons (Fsp3) is 1.00. The molecule has 0 saturated heterocycles. The van der Waals surface area contributed by atoms with Crippen molar-refractivity contribution in [3.05, 3.63) is 0 Å². The van der Waals surface area contributed by atoms with Gasteiger partial charge in [0, 0.05) is 0 Å². The van der Waals surface area contributed by atoms with Gasteiger partial charge >= 0.3 is 0 Å². The quantitative estimate of drug-likeness (QED) is 0.603. The molecule has 2 unspecified atom stereocenters. The predicted molar refractivity (Wildman–Crippen MR) is 54.2 cm³/mol. The molecule has 1 nitrogen and oxygen atoms in total. The molecule has 1 N–H and O–H groups in total. The highest BCUT2D eigenvalue weighted by Gasteiger charge is 2.30. The SMILES string of the molecule is CCCNCC(C)C(C)C1CC1. The molecule has 0 aromatic rings. The van der Waals surface area contributed by atoms with Gasteiger partial charge in [0.05, 0.1) is 0 Å². The molecule has 1 aliphatic rings. The number of rotatable bonds is 6. The standard InChI is InChI=1S/C11H23N/c1-4-7-12-8-9(2)10(3)11-5-6-11/h9-12H,4-8H2,1-3H3. The summed E-state index contributed by atoms with van der Waals surface area (Å²) < 4.78 is 0. The second-order valence-electron chi connectivity index (χ2n) is 4.38. The van der Waals surface area contributed by atoms with Crippen molar-refractivity contribution >= 4 is 0 Å². The van der Waals surface area contributed by atoms with E-state index >= 15 is 0 Å². The molecular weight excluding hydrogens is 146 g/mol. The van der Waals surface area contributed by atoms with E-state index in [1.807, 2.05) is 0 Å². The fourth-order valence-electron chi connectivity index (χ4n) is 1.78. The summed E-state index contributed by atoms with van der Waals surface area (Å²) in [6, 6.07) is 0. The summed E-state index contributed by atoms with van der Waals surface area (Å²) in [4.78, 5) is 0. The van der Waals surface area contributed by atoms with Crippen LogP contribution in [0.3, 0.4) is 0 Å². The Hall–Kier alpha value is -0.0400. The third-order valence-electron chi connectivity index (χ3n) is 3.16. The van der Waals surface area contributed by atoms with Crippen molar-refractivity contribution in [2.24, 2.45) is 17.8 Å². The second-order valence-corrected chi connectivity index (χ2v) is 4.38. The van der Waals surface area contributed by atoms with Gasteiger partial charge in [0.1, 0.15) is 0 Å². The van der Waals surface area contributed by atoms with E-state index < -0.39 is 0 Å². The van der Waals surface area contributed by atoms with E-state index in [0.29, 0.717) is 0 Å². The molecule has 12 heavy (non-hydrogen) atoms. The van der Waals surface area contributed by atoms with Crippen molar-refractivity contribution in [1.82, 2.24) is 5.32 Å². The molecular formula is C11H23N. The van der Waals surface area contributed by atoms with Crippen molar-refractivity contribution in [2.45, 2.75) is 40.0 Å². The van der Waals surface area contributed by atoms with Crippen molar-refractivity contribution in [1.29, 1.82) is 0 Å². The molecule has 0 aromatic heterocycles. The first-order chi connectivity index (χ1) is 5.75. The Balaban J connectivity index is 2.04. The van der Waals surface area contributed by atoms with Gasteiger partial charge in [-0.05, 0) is 50.1 Å². The minimum atomic E-state index is 0.865. The lowest BCUT2D eigenvalue weighted by molar-refractivity contribution is 0.331. The van der Waals surface area contributed by atoms with Crippen LogP contribution in [0.15, 0.2) is 0 Å². The molecule has 1 aliphatic carbocycles. The Morgan fingerprint density at radius 3 is 2.50 bits per heavy atom. The van der Waals surface area contributed by atoms with Gasteiger partial charge in [-0.3, -0.25) is 0 Å². The van der Waals surface area contributed by atoms with Gasteiger partial charge in [0.15, 0.2) is 0 Å². The Bertz CT molecular complexity index is 118. The third kappa shape index (κ3) is 3.14. The van der Waals surface area contributed by atoms with E-state index in [2.05, 4.69) is 26.1 Å². The molecule has 2 atom stereocenters. The Morgan fingerprint density at radius 2 is 2.00 bits per heavy atom. The molecule has 1 fully saturated rings. The van der Waals surface area contributed by atoms with E-state index in [0.717, 1.165) is 17.8 Å². The van der Waals surface area contributed by atoms with Crippen molar-refractivity contribution in [2.75, 3.05) is 13.1 Å². The average Bonchev–Trinajstić information content (AvgIpc) is 2.86. The lowest BCUT2D eigenvalue weighted by Crippen LogP contribution is -2.26. The first-order valence-corrected chi connectivity index (χ1v) is 5.46. The van der Waals surface area contributed by atoms with E-state index in [4.69, 9.17) is 0 Å². The number of hydrogen-bond donors (Lipinski definition) is 1. The maximum Gasteiger partial charge on any atom is -0.00205 e. The monoisotopic (exact) mass is 169 g/mol. The molecule has 0 heterocycles. The summed E-state index contributed by atoms with van der Waals surface area (Å²) in [5, 5.41) is 3.50. The fourth-order valence-corrected chi connectivity index (χ4v) is 1.78. The molecule has 0 amide bonds. The molecule has 72 valence electrons. The van der Waals surface area contributed by atoms with Crippen LogP contribution in [-0.4, -0.2) is 13.1 Å². The zero-order chi connectivity index (χ0) is 8.97. The molecule has 1 rings (SSSR count). The van der Waals surface area contributed by atoms with Gasteiger partial charge in [-0.15, -0.1) is 0 Å². The third-order valence-corrected chi connectivity index (χ3v) is 3.16. The molecule has 1 heteroatoms. The summed E-state index contributed by atoms with van der Waals surface area (Å²) >= 11 is 0. The Labute approximate surface area is 76.9 Å². The van der Waals surface area contributed by atoms with Gasteiger partial charge < -0.3 is 5.32 Å². The summed E-state index contributed by atoms with van der Waals surface area (Å²) in [6.07, 6.45) is 4.23. The Morgan fingerprint density at radius 1 is 1.33 bits per heavy atom. The molecule has 0 aromatic carbocycles. The zero-order valence-electron chi connectivity index (χ0n) is 8.77.